The van der Waals surface area contributed by atoms with E-state index < -0.39 is 0 Å². The number of nitrogens with zero attached hydrogens (tertiary/aromatic N) is 5. The highest BCUT2D eigenvalue weighted by Gasteiger charge is 2.25. The van der Waals surface area contributed by atoms with Crippen molar-refractivity contribution >= 4 is 23.2 Å². The van der Waals surface area contributed by atoms with Crippen LogP contribution < -0.4 is 15.1 Å². The van der Waals surface area contributed by atoms with E-state index in [0.717, 1.165) is 66.6 Å². The van der Waals surface area contributed by atoms with E-state index in [0.29, 0.717) is 17.1 Å². The highest BCUT2D eigenvalue weighted by Crippen LogP contribution is 2.33. The molecule has 0 radical (unpaired) electrons. The van der Waals surface area contributed by atoms with Crippen LogP contribution in [0.5, 0.6) is 0 Å². The van der Waals surface area contributed by atoms with Crippen molar-refractivity contribution < 1.29 is 0 Å². The van der Waals surface area contributed by atoms with Crippen LogP contribution in [0.25, 0.3) is 11.3 Å². The molecule has 3 aromatic rings. The van der Waals surface area contributed by atoms with Gasteiger partial charge in [-0.3, -0.25) is 4.98 Å². The molecule has 172 valence electrons. The molecule has 1 N–H and O–H groups in total. The summed E-state index contributed by atoms with van der Waals surface area (Å²) < 4.78 is 0. The fraction of sp³-hybridized carbons (Fsp3) is 0.423. The van der Waals surface area contributed by atoms with Gasteiger partial charge in [-0.2, -0.15) is 0 Å². The van der Waals surface area contributed by atoms with Gasteiger partial charge in [-0.1, -0.05) is 23.7 Å². The molecular formula is C26H31ClN6. The second-order valence-electron chi connectivity index (χ2n) is 9.52. The molecule has 2 aliphatic rings. The summed E-state index contributed by atoms with van der Waals surface area (Å²) in [4.78, 5) is 19.1. The topological polar surface area (TPSA) is 57.2 Å². The largest absolute Gasteiger partial charge is 0.354 e. The van der Waals surface area contributed by atoms with Gasteiger partial charge in [0, 0.05) is 68.3 Å². The number of hydrogen-bond acceptors (Lipinski definition) is 6. The first kappa shape index (κ1) is 22.1. The molecule has 1 fully saturated rings. The molecule has 33 heavy (non-hydrogen) atoms. The predicted octanol–water partition coefficient (Wildman–Crippen LogP) is 4.56. The van der Waals surface area contributed by atoms with Crippen LogP contribution in [-0.4, -0.2) is 46.7 Å². The Hall–Kier alpha value is -2.70. The SMILES string of the molecule is Cc1cnc(-c2cc(N3CCc4nc(N5CC(C)NC(C)C5)ccc4C3)ncc2Cl)c(C)c1. The van der Waals surface area contributed by atoms with Gasteiger partial charge >= 0.3 is 0 Å². The van der Waals surface area contributed by atoms with Gasteiger partial charge in [0.15, 0.2) is 0 Å². The Morgan fingerprint density at radius 2 is 1.76 bits per heavy atom. The zero-order valence-electron chi connectivity index (χ0n) is 19.8. The van der Waals surface area contributed by atoms with E-state index in [-0.39, 0.29) is 0 Å². The van der Waals surface area contributed by atoms with Crippen LogP contribution in [0.2, 0.25) is 5.02 Å². The summed E-state index contributed by atoms with van der Waals surface area (Å²) in [5, 5.41) is 4.22. The number of rotatable bonds is 3. The van der Waals surface area contributed by atoms with Crippen LogP contribution in [0.3, 0.4) is 0 Å². The van der Waals surface area contributed by atoms with E-state index in [1.54, 1.807) is 6.20 Å². The number of aryl methyl sites for hydroxylation is 2. The average Bonchev–Trinajstić information content (AvgIpc) is 2.78. The lowest BCUT2D eigenvalue weighted by atomic mass is 10.0. The lowest BCUT2D eigenvalue weighted by molar-refractivity contribution is 0.405. The smallest absolute Gasteiger partial charge is 0.129 e. The van der Waals surface area contributed by atoms with E-state index in [1.807, 2.05) is 6.20 Å². The Kier molecular flexibility index (Phi) is 5.97. The maximum Gasteiger partial charge on any atom is 0.129 e. The molecule has 0 aromatic carbocycles. The Morgan fingerprint density at radius 3 is 2.52 bits per heavy atom. The second kappa shape index (κ2) is 8.92. The van der Waals surface area contributed by atoms with Crippen molar-refractivity contribution in [2.75, 3.05) is 29.4 Å². The van der Waals surface area contributed by atoms with Gasteiger partial charge < -0.3 is 15.1 Å². The molecule has 0 aliphatic carbocycles. The number of pyridine rings is 3. The lowest BCUT2D eigenvalue weighted by Gasteiger charge is -2.37. The number of hydrogen-bond donors (Lipinski definition) is 1. The van der Waals surface area contributed by atoms with Gasteiger partial charge in [-0.05, 0) is 56.5 Å². The quantitative estimate of drug-likeness (QED) is 0.615. The maximum absolute atomic E-state index is 6.53. The number of aromatic nitrogens is 3. The molecule has 1 saturated heterocycles. The molecule has 2 atom stereocenters. The molecule has 7 heteroatoms. The van der Waals surface area contributed by atoms with Crippen LogP contribution in [0.4, 0.5) is 11.6 Å². The van der Waals surface area contributed by atoms with E-state index >= 15 is 0 Å². The van der Waals surface area contributed by atoms with Crippen molar-refractivity contribution in [3.8, 4) is 11.3 Å². The first-order valence-corrected chi connectivity index (χ1v) is 12.1. The minimum atomic E-state index is 0.471. The molecule has 0 spiro atoms. The van der Waals surface area contributed by atoms with Gasteiger partial charge in [0.1, 0.15) is 11.6 Å². The third-order valence-corrected chi connectivity index (χ3v) is 6.85. The summed E-state index contributed by atoms with van der Waals surface area (Å²) in [7, 11) is 0. The fourth-order valence-electron chi connectivity index (χ4n) is 5.07. The molecule has 2 aliphatic heterocycles. The van der Waals surface area contributed by atoms with Crippen molar-refractivity contribution in [1.29, 1.82) is 0 Å². The van der Waals surface area contributed by atoms with Gasteiger partial charge in [-0.15, -0.1) is 0 Å². The summed E-state index contributed by atoms with van der Waals surface area (Å²) in [5.74, 6) is 2.02. The molecule has 0 saturated carbocycles. The zero-order valence-corrected chi connectivity index (χ0v) is 20.5. The van der Waals surface area contributed by atoms with Crippen molar-refractivity contribution in [2.24, 2.45) is 0 Å². The van der Waals surface area contributed by atoms with Crippen LogP contribution in [0, 0.1) is 13.8 Å². The number of halogens is 1. The summed E-state index contributed by atoms with van der Waals surface area (Å²) in [6.45, 7) is 12.3. The third-order valence-electron chi connectivity index (χ3n) is 6.55. The number of nitrogens with one attached hydrogen (secondary N) is 1. The van der Waals surface area contributed by atoms with E-state index in [4.69, 9.17) is 16.6 Å². The predicted molar refractivity (Wildman–Crippen MR) is 135 cm³/mol. The Morgan fingerprint density at radius 1 is 0.970 bits per heavy atom. The second-order valence-corrected chi connectivity index (χ2v) is 9.93. The van der Waals surface area contributed by atoms with Crippen molar-refractivity contribution in [3.05, 3.63) is 64.1 Å². The molecule has 0 bridgehead atoms. The molecular weight excluding hydrogens is 432 g/mol. The van der Waals surface area contributed by atoms with Crippen LogP contribution >= 0.6 is 11.6 Å². The fourth-order valence-corrected chi connectivity index (χ4v) is 5.26. The minimum absolute atomic E-state index is 0.471. The highest BCUT2D eigenvalue weighted by molar-refractivity contribution is 6.33. The highest BCUT2D eigenvalue weighted by atomic mass is 35.5. The van der Waals surface area contributed by atoms with Gasteiger partial charge in [0.2, 0.25) is 0 Å². The number of anilines is 2. The Bertz CT molecular complexity index is 1170. The zero-order chi connectivity index (χ0) is 23.1. The number of fused-ring (bicyclic) bond motifs is 1. The summed E-state index contributed by atoms with van der Waals surface area (Å²) in [6.07, 6.45) is 4.54. The van der Waals surface area contributed by atoms with E-state index in [1.165, 1.54) is 11.3 Å². The summed E-state index contributed by atoms with van der Waals surface area (Å²) in [6, 6.07) is 9.57. The molecule has 5 rings (SSSR count). The van der Waals surface area contributed by atoms with E-state index in [9.17, 15) is 0 Å². The monoisotopic (exact) mass is 462 g/mol. The molecule has 0 amide bonds. The lowest BCUT2D eigenvalue weighted by Crippen LogP contribution is -2.54. The summed E-state index contributed by atoms with van der Waals surface area (Å²) in [5.41, 5.74) is 6.58. The van der Waals surface area contributed by atoms with Crippen LogP contribution in [0.15, 0.2) is 36.7 Å². The van der Waals surface area contributed by atoms with Crippen molar-refractivity contribution in [3.63, 3.8) is 0 Å². The standard InChI is InChI=1S/C26H31ClN6/c1-16-9-17(2)26(29-11-16)21-10-25(28-12-22(21)27)32-8-7-23-20(15-32)5-6-24(31-23)33-13-18(3)30-19(4)14-33/h5-6,9-12,18-19,30H,7-8,13-15H2,1-4H3. The van der Waals surface area contributed by atoms with Gasteiger partial charge in [0.25, 0.3) is 0 Å². The van der Waals surface area contributed by atoms with E-state index in [2.05, 4.69) is 77.0 Å². The van der Waals surface area contributed by atoms with Crippen LogP contribution in [0.1, 0.15) is 36.2 Å². The number of piperazine rings is 1. The first-order chi connectivity index (χ1) is 15.9. The average molecular weight is 463 g/mol. The van der Waals surface area contributed by atoms with Gasteiger partial charge in [0.05, 0.1) is 10.7 Å². The van der Waals surface area contributed by atoms with Crippen LogP contribution in [-0.2, 0) is 13.0 Å². The molecule has 6 nitrogen and oxygen atoms in total. The first-order valence-electron chi connectivity index (χ1n) is 11.7. The van der Waals surface area contributed by atoms with Gasteiger partial charge in [-0.25, -0.2) is 9.97 Å². The van der Waals surface area contributed by atoms with Crippen molar-refractivity contribution in [1.82, 2.24) is 20.3 Å². The Balaban J connectivity index is 1.38. The minimum Gasteiger partial charge on any atom is -0.354 e. The third kappa shape index (κ3) is 4.55. The molecule has 2 unspecified atom stereocenters. The summed E-state index contributed by atoms with van der Waals surface area (Å²) >= 11 is 6.53. The molecule has 5 heterocycles. The molecule has 3 aromatic heterocycles. The Labute approximate surface area is 201 Å². The normalized spacial score (nSPS) is 20.6. The maximum atomic E-state index is 6.53. The van der Waals surface area contributed by atoms with Crippen molar-refractivity contribution in [2.45, 2.75) is 52.7 Å².